The Hall–Kier alpha value is -1.16. The van der Waals surface area contributed by atoms with E-state index in [4.69, 9.17) is 4.18 Å². The Morgan fingerprint density at radius 3 is 1.62 bits per heavy atom. The average Bonchev–Trinajstić information content (AvgIpc) is 2.69. The van der Waals surface area contributed by atoms with E-state index >= 15 is 0 Å². The minimum absolute atomic E-state index is 0.0720. The normalized spacial score (nSPS) is 13.4. The van der Waals surface area contributed by atoms with Crippen molar-refractivity contribution in [2.75, 3.05) is 0 Å². The molecule has 1 aromatic carbocycles. The Bertz CT molecular complexity index is 705. The van der Waals surface area contributed by atoms with Crippen LogP contribution in [0, 0.1) is 5.92 Å². The highest BCUT2D eigenvalue weighted by molar-refractivity contribution is 7.95. The summed E-state index contributed by atoms with van der Waals surface area (Å²) in [5.41, 5.74) is 2.71. The number of aromatic hydroxyl groups is 1. The van der Waals surface area contributed by atoms with Crippen molar-refractivity contribution in [3.05, 3.63) is 28.8 Å². The summed E-state index contributed by atoms with van der Waals surface area (Å²) in [5, 5.41) is 11.1. The molecule has 4 heteroatoms. The molecule has 1 aromatic rings. The van der Waals surface area contributed by atoms with E-state index in [9.17, 15) is 9.90 Å². The zero-order valence-electron chi connectivity index (χ0n) is 23.6. The van der Waals surface area contributed by atoms with Gasteiger partial charge in [-0.1, -0.05) is 125 Å². The maximum atomic E-state index is 11.6. The van der Waals surface area contributed by atoms with Crippen LogP contribution in [-0.4, -0.2) is 11.1 Å². The van der Waals surface area contributed by atoms with Crippen LogP contribution in [0.2, 0.25) is 0 Å². The van der Waals surface area contributed by atoms with Gasteiger partial charge in [-0.25, -0.2) is 0 Å². The first-order chi connectivity index (χ1) is 15.7. The molecule has 0 saturated heterocycles. The molecule has 0 radical (unpaired) electrons. The second-order valence-corrected chi connectivity index (χ2v) is 13.4. The van der Waals surface area contributed by atoms with Gasteiger partial charge < -0.3 is 9.29 Å². The van der Waals surface area contributed by atoms with Crippen LogP contribution in [0.4, 0.5) is 0 Å². The third kappa shape index (κ3) is 11.5. The maximum Gasteiger partial charge on any atom is 0.314 e. The molecule has 3 nitrogen and oxygen atoms in total. The Labute approximate surface area is 215 Å². The van der Waals surface area contributed by atoms with Crippen molar-refractivity contribution in [2.45, 2.75) is 143 Å². The van der Waals surface area contributed by atoms with Crippen molar-refractivity contribution in [3.8, 4) is 5.75 Å². The molecule has 196 valence electrons. The molecule has 0 aliphatic carbocycles. The highest BCUT2D eigenvalue weighted by Crippen LogP contribution is 2.44. The number of rotatable bonds is 14. The standard InChI is InChI=1S/C30H52O3S/c1-22(2)18-16-14-12-10-11-13-15-17-19-27(34-33-23(3)31)24-20-25(29(4,5)6)28(32)26(21-24)30(7,8)9/h20-22,27,32H,10-19H2,1-9H3. The zero-order valence-corrected chi connectivity index (χ0v) is 24.4. The molecule has 0 aliphatic heterocycles. The van der Waals surface area contributed by atoms with E-state index in [0.29, 0.717) is 5.75 Å². The third-order valence-electron chi connectivity index (χ3n) is 6.40. The van der Waals surface area contributed by atoms with Gasteiger partial charge in [0.05, 0.1) is 17.3 Å². The lowest BCUT2D eigenvalue weighted by molar-refractivity contribution is -0.130. The van der Waals surface area contributed by atoms with E-state index in [0.717, 1.165) is 35.4 Å². The van der Waals surface area contributed by atoms with Gasteiger partial charge >= 0.3 is 5.97 Å². The molecule has 1 unspecified atom stereocenters. The smallest absolute Gasteiger partial charge is 0.314 e. The van der Waals surface area contributed by atoms with Gasteiger partial charge in [0.2, 0.25) is 0 Å². The van der Waals surface area contributed by atoms with Crippen LogP contribution in [0.3, 0.4) is 0 Å². The Morgan fingerprint density at radius 1 is 0.824 bits per heavy atom. The fourth-order valence-electron chi connectivity index (χ4n) is 4.33. The second kappa shape index (κ2) is 14.4. The van der Waals surface area contributed by atoms with Gasteiger partial charge in [-0.2, -0.15) is 0 Å². The molecule has 1 N–H and O–H groups in total. The average molecular weight is 493 g/mol. The van der Waals surface area contributed by atoms with E-state index < -0.39 is 0 Å². The fraction of sp³-hybridized carbons (Fsp3) is 0.767. The molecule has 34 heavy (non-hydrogen) atoms. The highest BCUT2D eigenvalue weighted by atomic mass is 32.2. The summed E-state index contributed by atoms with van der Waals surface area (Å²) in [5.74, 6) is 0.956. The summed E-state index contributed by atoms with van der Waals surface area (Å²) in [4.78, 5) is 11.6. The molecule has 0 aliphatic rings. The predicted molar refractivity (Wildman–Crippen MR) is 149 cm³/mol. The van der Waals surface area contributed by atoms with Crippen LogP contribution in [0.25, 0.3) is 0 Å². The molecule has 0 aromatic heterocycles. The number of hydrogen-bond acceptors (Lipinski definition) is 4. The molecule has 0 saturated carbocycles. The van der Waals surface area contributed by atoms with Crippen molar-refractivity contribution in [1.29, 1.82) is 0 Å². The maximum absolute atomic E-state index is 11.6. The van der Waals surface area contributed by atoms with E-state index in [1.165, 1.54) is 70.3 Å². The summed E-state index contributed by atoms with van der Waals surface area (Å²) in [7, 11) is 0. The molecule has 0 fully saturated rings. The SMILES string of the molecule is CC(=O)OSC(CCCCCCCCCCC(C)C)c1cc(C(C)(C)C)c(O)c(C(C)(C)C)c1. The monoisotopic (exact) mass is 492 g/mol. The Morgan fingerprint density at radius 2 is 1.24 bits per heavy atom. The zero-order chi connectivity index (χ0) is 25.9. The number of benzene rings is 1. The van der Waals surface area contributed by atoms with Crippen molar-refractivity contribution in [2.24, 2.45) is 5.92 Å². The largest absolute Gasteiger partial charge is 0.507 e. The van der Waals surface area contributed by atoms with Crippen LogP contribution in [0.15, 0.2) is 12.1 Å². The minimum atomic E-state index is -0.265. The van der Waals surface area contributed by atoms with Crippen LogP contribution < -0.4 is 0 Å². The van der Waals surface area contributed by atoms with Gasteiger partial charge in [0, 0.05) is 6.92 Å². The third-order valence-corrected chi connectivity index (χ3v) is 7.47. The first-order valence-electron chi connectivity index (χ1n) is 13.4. The molecular formula is C30H52O3S. The quantitative estimate of drug-likeness (QED) is 0.207. The van der Waals surface area contributed by atoms with Crippen LogP contribution in [0.5, 0.6) is 5.75 Å². The predicted octanol–water partition coefficient (Wildman–Crippen LogP) is 9.80. The van der Waals surface area contributed by atoms with Crippen LogP contribution in [0.1, 0.15) is 148 Å². The lowest BCUT2D eigenvalue weighted by Gasteiger charge is -2.29. The van der Waals surface area contributed by atoms with E-state index in [1.54, 1.807) is 0 Å². The molecule has 1 rings (SSSR count). The number of carbonyl (C=O) groups is 1. The molecular weight excluding hydrogens is 440 g/mol. The number of unbranched alkanes of at least 4 members (excludes halogenated alkanes) is 7. The van der Waals surface area contributed by atoms with Gasteiger partial charge in [-0.05, 0) is 39.9 Å². The number of hydrogen-bond donors (Lipinski definition) is 1. The van der Waals surface area contributed by atoms with Crippen molar-refractivity contribution in [1.82, 2.24) is 0 Å². The van der Waals surface area contributed by atoms with Crippen LogP contribution in [-0.2, 0) is 19.8 Å². The second-order valence-electron chi connectivity index (χ2n) is 12.4. The molecule has 0 amide bonds. The Balaban J connectivity index is 2.81. The van der Waals surface area contributed by atoms with Crippen LogP contribution >= 0.6 is 12.0 Å². The topological polar surface area (TPSA) is 46.5 Å². The van der Waals surface area contributed by atoms with E-state index in [-0.39, 0.29) is 22.0 Å². The highest BCUT2D eigenvalue weighted by Gasteiger charge is 2.28. The Kier molecular flexibility index (Phi) is 13.1. The van der Waals surface area contributed by atoms with Gasteiger partial charge in [0.1, 0.15) is 5.75 Å². The summed E-state index contributed by atoms with van der Waals surface area (Å²) in [6.45, 7) is 18.9. The minimum Gasteiger partial charge on any atom is -0.507 e. The molecule has 0 bridgehead atoms. The number of phenols is 1. The van der Waals surface area contributed by atoms with Gasteiger partial charge in [0.25, 0.3) is 0 Å². The van der Waals surface area contributed by atoms with E-state index in [2.05, 4.69) is 67.5 Å². The van der Waals surface area contributed by atoms with Crippen molar-refractivity contribution >= 4 is 18.0 Å². The van der Waals surface area contributed by atoms with Crippen molar-refractivity contribution in [3.63, 3.8) is 0 Å². The van der Waals surface area contributed by atoms with Gasteiger partial charge in [-0.15, -0.1) is 0 Å². The molecule has 0 heterocycles. The summed E-state index contributed by atoms with van der Waals surface area (Å²) >= 11 is 1.28. The summed E-state index contributed by atoms with van der Waals surface area (Å²) in [6.07, 6.45) is 12.6. The first-order valence-corrected chi connectivity index (χ1v) is 14.3. The number of phenolic OH excluding ortho intramolecular Hbond substituents is 1. The fourth-order valence-corrected chi connectivity index (χ4v) is 5.09. The number of carbonyl (C=O) groups excluding carboxylic acids is 1. The summed E-state index contributed by atoms with van der Waals surface area (Å²) in [6, 6.07) is 4.26. The molecule has 0 spiro atoms. The lowest BCUT2D eigenvalue weighted by atomic mass is 9.78. The van der Waals surface area contributed by atoms with Gasteiger partial charge in [-0.3, -0.25) is 4.79 Å². The van der Waals surface area contributed by atoms with Crippen molar-refractivity contribution < 1.29 is 14.1 Å². The van der Waals surface area contributed by atoms with E-state index in [1.807, 2.05) is 0 Å². The first kappa shape index (κ1) is 30.9. The lowest BCUT2D eigenvalue weighted by Crippen LogP contribution is -2.18. The molecule has 1 atom stereocenters. The van der Waals surface area contributed by atoms with Gasteiger partial charge in [0.15, 0.2) is 0 Å². The summed E-state index contributed by atoms with van der Waals surface area (Å²) < 4.78 is 5.40.